The molecule has 1 aromatic heterocycles. The summed E-state index contributed by atoms with van der Waals surface area (Å²) in [6.45, 7) is 0.846. The normalized spacial score (nSPS) is 25.4. The highest BCUT2D eigenvalue weighted by atomic mass is 19.1. The van der Waals surface area contributed by atoms with E-state index in [0.29, 0.717) is 17.9 Å². The molecule has 1 aromatic rings. The Hall–Kier alpha value is -1.23. The highest BCUT2D eigenvalue weighted by molar-refractivity contribution is 5.22. The van der Waals surface area contributed by atoms with E-state index in [9.17, 15) is 4.39 Å². The van der Waals surface area contributed by atoms with Gasteiger partial charge in [-0.25, -0.2) is 14.4 Å². The van der Waals surface area contributed by atoms with Crippen molar-refractivity contribution >= 4 is 5.95 Å². The maximum absolute atomic E-state index is 12.6. The predicted octanol–water partition coefficient (Wildman–Crippen LogP) is 1.55. The molecule has 0 atom stereocenters. The summed E-state index contributed by atoms with van der Waals surface area (Å²) in [4.78, 5) is 7.71. The van der Waals surface area contributed by atoms with Crippen LogP contribution in [0.4, 0.5) is 10.3 Å². The second kappa shape index (κ2) is 5.21. The molecule has 0 bridgehead atoms. The SMILES string of the molecule is NC1CCC(CNc2ncc(F)cn2)CC1. The van der Waals surface area contributed by atoms with Crippen molar-refractivity contribution in [2.24, 2.45) is 11.7 Å². The van der Waals surface area contributed by atoms with Crippen LogP contribution in [-0.4, -0.2) is 22.6 Å². The Balaban J connectivity index is 1.77. The summed E-state index contributed by atoms with van der Waals surface area (Å²) in [5.74, 6) is 0.721. The molecule has 0 saturated heterocycles. The number of rotatable bonds is 3. The fraction of sp³-hybridized carbons (Fsp3) is 0.636. The van der Waals surface area contributed by atoms with Crippen molar-refractivity contribution in [2.45, 2.75) is 31.7 Å². The molecule has 0 aromatic carbocycles. The molecule has 0 amide bonds. The average Bonchev–Trinajstić information content (AvgIpc) is 2.30. The molecule has 2 rings (SSSR count). The molecule has 88 valence electrons. The highest BCUT2D eigenvalue weighted by Gasteiger charge is 2.18. The summed E-state index contributed by atoms with van der Waals surface area (Å²) >= 11 is 0. The van der Waals surface area contributed by atoms with Crippen molar-refractivity contribution in [3.05, 3.63) is 18.2 Å². The van der Waals surface area contributed by atoms with Crippen LogP contribution in [0.15, 0.2) is 12.4 Å². The first-order valence-corrected chi connectivity index (χ1v) is 5.71. The minimum Gasteiger partial charge on any atom is -0.354 e. The number of hydrogen-bond donors (Lipinski definition) is 2. The lowest BCUT2D eigenvalue weighted by molar-refractivity contribution is 0.338. The molecule has 3 N–H and O–H groups in total. The summed E-state index contributed by atoms with van der Waals surface area (Å²) in [5.41, 5.74) is 5.83. The van der Waals surface area contributed by atoms with Crippen molar-refractivity contribution in [1.82, 2.24) is 9.97 Å². The average molecular weight is 224 g/mol. The Kier molecular flexibility index (Phi) is 3.66. The molecular weight excluding hydrogens is 207 g/mol. The van der Waals surface area contributed by atoms with E-state index in [1.54, 1.807) is 0 Å². The van der Waals surface area contributed by atoms with Crippen LogP contribution in [0.3, 0.4) is 0 Å². The van der Waals surface area contributed by atoms with Crippen molar-refractivity contribution in [3.8, 4) is 0 Å². The monoisotopic (exact) mass is 224 g/mol. The van der Waals surface area contributed by atoms with E-state index >= 15 is 0 Å². The molecular formula is C11H17FN4. The summed E-state index contributed by atoms with van der Waals surface area (Å²) in [6.07, 6.45) is 6.83. The maximum atomic E-state index is 12.6. The van der Waals surface area contributed by atoms with E-state index < -0.39 is 5.82 Å². The van der Waals surface area contributed by atoms with Crippen LogP contribution in [0, 0.1) is 11.7 Å². The van der Waals surface area contributed by atoms with Gasteiger partial charge in [-0.1, -0.05) is 0 Å². The van der Waals surface area contributed by atoms with Gasteiger partial charge >= 0.3 is 0 Å². The van der Waals surface area contributed by atoms with Crippen molar-refractivity contribution in [3.63, 3.8) is 0 Å². The summed E-state index contributed by atoms with van der Waals surface area (Å²) in [7, 11) is 0. The fourth-order valence-corrected chi connectivity index (χ4v) is 2.03. The molecule has 1 fully saturated rings. The number of hydrogen-bond acceptors (Lipinski definition) is 4. The van der Waals surface area contributed by atoms with E-state index in [4.69, 9.17) is 5.73 Å². The van der Waals surface area contributed by atoms with Crippen LogP contribution in [0.25, 0.3) is 0 Å². The molecule has 0 unspecified atom stereocenters. The van der Waals surface area contributed by atoms with E-state index in [0.717, 1.165) is 32.2 Å². The van der Waals surface area contributed by atoms with E-state index in [1.807, 2.05) is 0 Å². The highest BCUT2D eigenvalue weighted by Crippen LogP contribution is 2.22. The molecule has 5 heteroatoms. The van der Waals surface area contributed by atoms with Crippen LogP contribution < -0.4 is 11.1 Å². The molecule has 1 heterocycles. The van der Waals surface area contributed by atoms with Crippen molar-refractivity contribution in [2.75, 3.05) is 11.9 Å². The summed E-state index contributed by atoms with van der Waals surface area (Å²) in [6, 6.07) is 0.373. The quantitative estimate of drug-likeness (QED) is 0.817. The van der Waals surface area contributed by atoms with E-state index in [2.05, 4.69) is 15.3 Å². The largest absolute Gasteiger partial charge is 0.354 e. The lowest BCUT2D eigenvalue weighted by atomic mass is 9.86. The van der Waals surface area contributed by atoms with Gasteiger partial charge in [-0.05, 0) is 31.6 Å². The second-order valence-electron chi connectivity index (χ2n) is 4.39. The third kappa shape index (κ3) is 3.13. The molecule has 0 spiro atoms. The van der Waals surface area contributed by atoms with Gasteiger partial charge in [0.25, 0.3) is 0 Å². The molecule has 1 aliphatic rings. The summed E-state index contributed by atoms with van der Waals surface area (Å²) < 4.78 is 12.6. The first-order valence-electron chi connectivity index (χ1n) is 5.71. The Morgan fingerprint density at radius 1 is 1.25 bits per heavy atom. The Bertz CT molecular complexity index is 319. The third-order valence-corrected chi connectivity index (χ3v) is 3.06. The molecule has 1 saturated carbocycles. The van der Waals surface area contributed by atoms with Crippen LogP contribution in [0.1, 0.15) is 25.7 Å². The maximum Gasteiger partial charge on any atom is 0.222 e. The standard InChI is InChI=1S/C11H17FN4/c12-9-6-15-11(16-7-9)14-5-8-1-3-10(13)4-2-8/h6-8,10H,1-5,13H2,(H,14,15,16). The molecule has 0 radical (unpaired) electrons. The smallest absolute Gasteiger partial charge is 0.222 e. The number of nitrogens with two attached hydrogens (primary N) is 1. The minimum atomic E-state index is -0.408. The van der Waals surface area contributed by atoms with Crippen LogP contribution in [0.5, 0.6) is 0 Å². The molecule has 1 aliphatic carbocycles. The van der Waals surface area contributed by atoms with Gasteiger partial charge in [-0.2, -0.15) is 0 Å². The lowest BCUT2D eigenvalue weighted by Gasteiger charge is -2.26. The molecule has 0 aliphatic heterocycles. The third-order valence-electron chi connectivity index (χ3n) is 3.06. The Morgan fingerprint density at radius 3 is 2.50 bits per heavy atom. The lowest BCUT2D eigenvalue weighted by Crippen LogP contribution is -2.29. The summed E-state index contributed by atoms with van der Waals surface area (Å²) in [5, 5.41) is 3.13. The van der Waals surface area contributed by atoms with Crippen LogP contribution >= 0.6 is 0 Å². The van der Waals surface area contributed by atoms with Gasteiger partial charge in [0.15, 0.2) is 5.82 Å². The second-order valence-corrected chi connectivity index (χ2v) is 4.39. The number of aromatic nitrogens is 2. The zero-order valence-electron chi connectivity index (χ0n) is 9.19. The van der Waals surface area contributed by atoms with Crippen molar-refractivity contribution < 1.29 is 4.39 Å². The zero-order chi connectivity index (χ0) is 11.4. The topological polar surface area (TPSA) is 63.8 Å². The van der Waals surface area contributed by atoms with E-state index in [-0.39, 0.29) is 0 Å². The number of nitrogens with one attached hydrogen (secondary N) is 1. The number of nitrogens with zero attached hydrogens (tertiary/aromatic N) is 2. The van der Waals surface area contributed by atoms with Gasteiger partial charge < -0.3 is 11.1 Å². The fourth-order valence-electron chi connectivity index (χ4n) is 2.03. The van der Waals surface area contributed by atoms with Gasteiger partial charge in [0, 0.05) is 12.6 Å². The Labute approximate surface area is 94.5 Å². The number of anilines is 1. The van der Waals surface area contributed by atoms with Gasteiger partial charge in [-0.15, -0.1) is 0 Å². The Morgan fingerprint density at radius 2 is 1.88 bits per heavy atom. The van der Waals surface area contributed by atoms with Gasteiger partial charge in [0.05, 0.1) is 12.4 Å². The molecule has 16 heavy (non-hydrogen) atoms. The number of halogens is 1. The van der Waals surface area contributed by atoms with Gasteiger partial charge in [-0.3, -0.25) is 0 Å². The predicted molar refractivity (Wildman–Crippen MR) is 60.4 cm³/mol. The van der Waals surface area contributed by atoms with Crippen LogP contribution in [-0.2, 0) is 0 Å². The molecule has 4 nitrogen and oxygen atoms in total. The van der Waals surface area contributed by atoms with Gasteiger partial charge in [0.2, 0.25) is 5.95 Å². The minimum absolute atomic E-state index is 0.373. The van der Waals surface area contributed by atoms with Gasteiger partial charge in [0.1, 0.15) is 0 Å². The first kappa shape index (κ1) is 11.3. The zero-order valence-corrected chi connectivity index (χ0v) is 9.19. The van der Waals surface area contributed by atoms with E-state index in [1.165, 1.54) is 12.4 Å². The van der Waals surface area contributed by atoms with Crippen LogP contribution in [0.2, 0.25) is 0 Å². The first-order chi connectivity index (χ1) is 7.74. The van der Waals surface area contributed by atoms with Crippen molar-refractivity contribution in [1.29, 1.82) is 0 Å².